The molecule has 0 bridgehead atoms. The number of unbranched alkanes of at least 4 members (excludes halogenated alkanes) is 13. The van der Waals surface area contributed by atoms with Crippen LogP contribution in [0.25, 0.3) is 0 Å². The predicted molar refractivity (Wildman–Crippen MR) is 195 cm³/mol. The molecule has 0 heterocycles. The quantitative estimate of drug-likeness (QED) is 0.0391. The van der Waals surface area contributed by atoms with Crippen molar-refractivity contribution in [1.29, 1.82) is 0 Å². The first-order valence-electron chi connectivity index (χ1n) is 19.1. The Morgan fingerprint density at radius 1 is 0.491 bits per heavy atom. The number of carboxylic acid groups (broad SMARTS) is 2. The molecular formula is C36H66N4O13. The van der Waals surface area contributed by atoms with Crippen LogP contribution >= 0.6 is 0 Å². The first-order chi connectivity index (χ1) is 25.6. The Kier molecular flexibility index (Phi) is 34.6. The highest BCUT2D eigenvalue weighted by atomic mass is 16.6. The third kappa shape index (κ3) is 36.8. The zero-order valence-corrected chi connectivity index (χ0v) is 31.8. The molecule has 0 aliphatic carbocycles. The van der Waals surface area contributed by atoms with E-state index in [1.807, 2.05) is 0 Å². The summed E-state index contributed by atoms with van der Waals surface area (Å²) in [6, 6.07) is -1.13. The van der Waals surface area contributed by atoms with Crippen LogP contribution in [0.4, 0.5) is 0 Å². The summed E-state index contributed by atoms with van der Waals surface area (Å²) in [5.41, 5.74) is 2.12. The third-order valence-corrected chi connectivity index (χ3v) is 7.90. The first-order valence-corrected chi connectivity index (χ1v) is 19.1. The summed E-state index contributed by atoms with van der Waals surface area (Å²) in [4.78, 5) is 73.8. The summed E-state index contributed by atoms with van der Waals surface area (Å²) in [5, 5.41) is 25.9. The van der Waals surface area contributed by atoms with E-state index >= 15 is 0 Å². The second-order valence-corrected chi connectivity index (χ2v) is 12.6. The van der Waals surface area contributed by atoms with Gasteiger partial charge in [0, 0.05) is 32.4 Å². The largest absolute Gasteiger partial charge is 0.481 e. The van der Waals surface area contributed by atoms with E-state index in [0.717, 1.165) is 38.5 Å². The van der Waals surface area contributed by atoms with Crippen LogP contribution in [-0.2, 0) is 52.6 Å². The van der Waals surface area contributed by atoms with Crippen molar-refractivity contribution in [2.24, 2.45) is 0 Å². The molecule has 0 fully saturated rings. The zero-order chi connectivity index (χ0) is 39.2. The molecule has 17 nitrogen and oxygen atoms in total. The van der Waals surface area contributed by atoms with E-state index in [1.165, 1.54) is 52.1 Å². The molecule has 0 aliphatic heterocycles. The Labute approximate surface area is 314 Å². The highest BCUT2D eigenvalue weighted by Gasteiger charge is 2.20. The van der Waals surface area contributed by atoms with Gasteiger partial charge in [-0.15, -0.1) is 0 Å². The van der Waals surface area contributed by atoms with Gasteiger partial charge in [-0.2, -0.15) is 0 Å². The number of hydroxylamine groups is 1. The van der Waals surface area contributed by atoms with Crippen LogP contribution in [0.15, 0.2) is 0 Å². The maximum atomic E-state index is 12.3. The Morgan fingerprint density at radius 2 is 0.925 bits per heavy atom. The molecule has 0 spiro atoms. The topological polar surface area (TPSA) is 237 Å². The van der Waals surface area contributed by atoms with Crippen molar-refractivity contribution in [3.63, 3.8) is 0 Å². The van der Waals surface area contributed by atoms with Gasteiger partial charge >= 0.3 is 11.9 Å². The van der Waals surface area contributed by atoms with Crippen LogP contribution in [-0.4, -0.2) is 125 Å². The van der Waals surface area contributed by atoms with Crippen LogP contribution in [0.3, 0.4) is 0 Å². The fourth-order valence-corrected chi connectivity index (χ4v) is 5.06. The van der Waals surface area contributed by atoms with E-state index in [2.05, 4.69) is 26.3 Å². The summed E-state index contributed by atoms with van der Waals surface area (Å²) in [6.45, 7) is 1.55. The van der Waals surface area contributed by atoms with Gasteiger partial charge in [-0.3, -0.25) is 28.8 Å². The molecule has 0 rings (SSSR count). The molecule has 17 heteroatoms. The van der Waals surface area contributed by atoms with Gasteiger partial charge in [0.1, 0.15) is 19.3 Å². The summed E-state index contributed by atoms with van der Waals surface area (Å²) in [5.74, 6) is -3.29. The Balaban J connectivity index is 3.66. The Hall–Kier alpha value is -3.38. The lowest BCUT2D eigenvalue weighted by Gasteiger charge is -2.14. The minimum atomic E-state index is -1.18. The minimum absolute atomic E-state index is 0.0214. The number of carboxylic acids is 2. The van der Waals surface area contributed by atoms with Crippen molar-refractivity contribution >= 4 is 35.6 Å². The van der Waals surface area contributed by atoms with Crippen molar-refractivity contribution < 1.29 is 62.8 Å². The van der Waals surface area contributed by atoms with E-state index < -0.39 is 23.9 Å². The van der Waals surface area contributed by atoms with Gasteiger partial charge in [-0.1, -0.05) is 77.0 Å². The molecule has 0 saturated heterocycles. The lowest BCUT2D eigenvalue weighted by atomic mass is 10.0. The molecule has 1 atom stereocenters. The van der Waals surface area contributed by atoms with Gasteiger partial charge in [0.25, 0.3) is 5.91 Å². The van der Waals surface area contributed by atoms with E-state index in [9.17, 15) is 33.9 Å². The number of ether oxygens (including phenoxy) is 4. The number of carbonyl (C=O) groups is 6. The molecule has 0 aromatic rings. The van der Waals surface area contributed by atoms with Crippen molar-refractivity contribution in [2.45, 2.75) is 122 Å². The van der Waals surface area contributed by atoms with Crippen LogP contribution in [0.5, 0.6) is 0 Å². The molecule has 4 amide bonds. The molecule has 0 aromatic heterocycles. The number of aliphatic carboxylic acids is 2. The van der Waals surface area contributed by atoms with E-state index in [0.29, 0.717) is 6.42 Å². The highest BCUT2D eigenvalue weighted by Crippen LogP contribution is 2.14. The molecular weight excluding hydrogens is 696 g/mol. The third-order valence-electron chi connectivity index (χ3n) is 7.90. The van der Waals surface area contributed by atoms with Gasteiger partial charge in [-0.05, 0) is 19.3 Å². The summed E-state index contributed by atoms with van der Waals surface area (Å²) in [6.07, 6.45) is 15.5. The maximum Gasteiger partial charge on any atom is 0.326 e. The maximum absolute atomic E-state index is 12.3. The van der Waals surface area contributed by atoms with Gasteiger partial charge in [0.15, 0.2) is 0 Å². The number of nitrogens with one attached hydrogen (secondary N) is 4. The SMILES string of the molecule is CONC(=O)COCCOCCNC(=O)COCCOCCNC(=O)CC[C@H](NC(=O)CCCCCCCCCCCCCCCCC(=O)O)C(=O)O. The van der Waals surface area contributed by atoms with Crippen LogP contribution in [0.2, 0.25) is 0 Å². The molecule has 53 heavy (non-hydrogen) atoms. The summed E-state index contributed by atoms with van der Waals surface area (Å²) in [7, 11) is 1.32. The number of hydrogen-bond acceptors (Lipinski definition) is 11. The van der Waals surface area contributed by atoms with Crippen molar-refractivity contribution in [1.82, 2.24) is 21.4 Å². The number of carbonyl (C=O) groups excluding carboxylic acids is 4. The molecule has 0 radical (unpaired) electrons. The number of amides is 4. The van der Waals surface area contributed by atoms with E-state index in [-0.39, 0.29) is 109 Å². The molecule has 6 N–H and O–H groups in total. The first kappa shape index (κ1) is 49.6. The van der Waals surface area contributed by atoms with Crippen LogP contribution in [0.1, 0.15) is 116 Å². The zero-order valence-electron chi connectivity index (χ0n) is 31.8. The Bertz CT molecular complexity index is 987. The fraction of sp³-hybridized carbons (Fsp3) is 0.833. The average Bonchev–Trinajstić information content (AvgIpc) is 3.11. The van der Waals surface area contributed by atoms with Gasteiger partial charge in [0.2, 0.25) is 17.7 Å². The minimum Gasteiger partial charge on any atom is -0.481 e. The molecule has 0 aliphatic rings. The second-order valence-electron chi connectivity index (χ2n) is 12.6. The standard InChI is InChI=1S/C36H66N4O13/c1-49-40-34(44)29-53-27-25-51-23-21-38-33(43)28-52-26-24-50-22-20-37-31(41)19-18-30(36(47)48)39-32(42)16-14-12-10-8-6-4-2-3-5-7-9-11-13-15-17-35(45)46/h30H,2-29H2,1H3,(H,37,41)(H,38,43)(H,39,42)(H,40,44)(H,45,46)(H,47,48)/t30-/m0/s1. The summed E-state index contributed by atoms with van der Waals surface area (Å²) >= 11 is 0. The van der Waals surface area contributed by atoms with Gasteiger partial charge < -0.3 is 45.1 Å². The molecule has 0 unspecified atom stereocenters. The second kappa shape index (κ2) is 37.0. The van der Waals surface area contributed by atoms with Gasteiger partial charge in [-0.25, -0.2) is 10.3 Å². The lowest BCUT2D eigenvalue weighted by molar-refractivity contribution is -0.142. The number of rotatable bonds is 39. The molecule has 0 aromatic carbocycles. The summed E-state index contributed by atoms with van der Waals surface area (Å²) < 4.78 is 21.0. The average molecular weight is 763 g/mol. The van der Waals surface area contributed by atoms with Crippen molar-refractivity contribution in [2.75, 3.05) is 73.1 Å². The normalized spacial score (nSPS) is 11.5. The van der Waals surface area contributed by atoms with E-state index in [4.69, 9.17) is 24.1 Å². The predicted octanol–water partition coefficient (Wildman–Crippen LogP) is 2.64. The lowest BCUT2D eigenvalue weighted by Crippen LogP contribution is -2.41. The molecule has 308 valence electrons. The monoisotopic (exact) mass is 762 g/mol. The van der Waals surface area contributed by atoms with Crippen molar-refractivity contribution in [3.8, 4) is 0 Å². The smallest absolute Gasteiger partial charge is 0.326 e. The highest BCUT2D eigenvalue weighted by molar-refractivity contribution is 5.84. The molecule has 0 saturated carbocycles. The Morgan fingerprint density at radius 3 is 1.40 bits per heavy atom. The van der Waals surface area contributed by atoms with E-state index in [1.54, 1.807) is 0 Å². The number of hydrogen-bond donors (Lipinski definition) is 6. The van der Waals surface area contributed by atoms with Gasteiger partial charge in [0.05, 0.1) is 46.8 Å². The fourth-order valence-electron chi connectivity index (χ4n) is 5.06. The van der Waals surface area contributed by atoms with Crippen LogP contribution < -0.4 is 21.4 Å². The van der Waals surface area contributed by atoms with Crippen LogP contribution in [0, 0.1) is 0 Å². The van der Waals surface area contributed by atoms with Crippen molar-refractivity contribution in [3.05, 3.63) is 0 Å².